The molecule has 4 rings (SSSR count). The first-order chi connectivity index (χ1) is 20.4. The summed E-state index contributed by atoms with van der Waals surface area (Å²) in [6.07, 6.45) is 2.16. The van der Waals surface area contributed by atoms with Gasteiger partial charge in [0.05, 0.1) is 19.2 Å². The van der Waals surface area contributed by atoms with E-state index in [1.807, 2.05) is 6.19 Å². The molecule has 238 valence electrons. The standard InChI is InChI=1S/C27H27F7N6O3S/c1-36-22-9-12-37-14-21(22)24(25(41)38-17-7-10-27(28,29)11-8-17)40(26(42)23-13-19(43-2)15-39(23)16-35)18-3-5-20(6-4-18)44(30,31,32,33)34/h3-6,9,12,14,17,19,23-24H,7-8,10-11,13,15H2,2H3,(H,38,41)/t19-,23-,24-/m1/s1. The molecule has 2 fully saturated rings. The van der Waals surface area contributed by atoms with E-state index in [4.69, 9.17) is 11.3 Å². The SMILES string of the molecule is [C-]#[N+]c1ccncc1[C@H](C(=O)NC1CCC(F)(F)CC1)N(C(=O)[C@H]1C[C@@H](OC)CN1C#N)c1ccc(S(F)(F)(F)(F)F)cc1. The Morgan fingerprint density at radius 1 is 1.18 bits per heavy atom. The minimum Gasteiger partial charge on any atom is -0.379 e. The van der Waals surface area contributed by atoms with Gasteiger partial charge in [0.25, 0.3) is 5.91 Å². The van der Waals surface area contributed by atoms with E-state index < -0.39 is 75.6 Å². The summed E-state index contributed by atoms with van der Waals surface area (Å²) in [6.45, 7) is 7.56. The van der Waals surface area contributed by atoms with Crippen LogP contribution in [0.2, 0.25) is 0 Å². The zero-order valence-electron chi connectivity index (χ0n) is 23.1. The number of pyridine rings is 1. The minimum absolute atomic E-state index is 0.0340. The van der Waals surface area contributed by atoms with Crippen LogP contribution in [-0.2, 0) is 14.3 Å². The van der Waals surface area contributed by atoms with Gasteiger partial charge in [-0.1, -0.05) is 19.4 Å². The number of alkyl halides is 2. The highest BCUT2D eigenvalue weighted by atomic mass is 32.5. The Morgan fingerprint density at radius 3 is 2.36 bits per heavy atom. The van der Waals surface area contributed by atoms with Gasteiger partial charge in [-0.25, -0.2) is 13.6 Å². The number of carbonyl (C=O) groups excluding carboxylic acids is 2. The lowest BCUT2D eigenvalue weighted by Gasteiger charge is -2.41. The van der Waals surface area contributed by atoms with Crippen molar-refractivity contribution >= 4 is 33.4 Å². The molecule has 1 saturated heterocycles. The maximum Gasteiger partial charge on any atom is 0.310 e. The lowest BCUT2D eigenvalue weighted by atomic mass is 9.91. The van der Waals surface area contributed by atoms with Gasteiger partial charge in [-0.2, -0.15) is 5.26 Å². The highest BCUT2D eigenvalue weighted by Crippen LogP contribution is 3.02. The fourth-order valence-corrected chi connectivity index (χ4v) is 5.97. The molecule has 2 aliphatic rings. The monoisotopic (exact) mass is 648 g/mol. The van der Waals surface area contributed by atoms with Crippen LogP contribution in [0.5, 0.6) is 0 Å². The molecule has 1 saturated carbocycles. The maximum absolute atomic E-state index is 14.2. The van der Waals surface area contributed by atoms with Crippen molar-refractivity contribution in [2.75, 3.05) is 18.6 Å². The summed E-state index contributed by atoms with van der Waals surface area (Å²) < 4.78 is 101. The molecule has 9 nitrogen and oxygen atoms in total. The Hall–Kier alpha value is -4.09. The summed E-state index contributed by atoms with van der Waals surface area (Å²) in [5, 5.41) is 12.3. The summed E-state index contributed by atoms with van der Waals surface area (Å²) in [4.78, 5) is 35.0. The number of nitrogens with one attached hydrogen (secondary N) is 1. The third-order valence-corrected chi connectivity index (χ3v) is 8.78. The number of amides is 2. The van der Waals surface area contributed by atoms with Gasteiger partial charge < -0.3 is 10.1 Å². The van der Waals surface area contributed by atoms with Crippen molar-refractivity contribution < 1.29 is 42.5 Å². The van der Waals surface area contributed by atoms with Crippen LogP contribution >= 0.6 is 10.2 Å². The molecular formula is C27H27F7N6O3S. The first kappa shape index (κ1) is 32.8. The number of halogens is 7. The third-order valence-electron chi connectivity index (χ3n) is 7.62. The number of nitrogens with zero attached hydrogens (tertiary/aromatic N) is 5. The molecular weight excluding hydrogens is 621 g/mol. The van der Waals surface area contributed by atoms with Gasteiger partial charge in [0.2, 0.25) is 11.8 Å². The number of hydrogen-bond donors (Lipinski definition) is 1. The number of anilines is 1. The van der Waals surface area contributed by atoms with Crippen molar-refractivity contribution in [3.63, 3.8) is 0 Å². The number of carbonyl (C=O) groups is 2. The van der Waals surface area contributed by atoms with E-state index in [-0.39, 0.29) is 49.2 Å². The van der Waals surface area contributed by atoms with Gasteiger partial charge in [0, 0.05) is 56.1 Å². The Bertz CT molecular complexity index is 1500. The van der Waals surface area contributed by atoms with Crippen molar-refractivity contribution in [3.8, 4) is 6.19 Å². The second kappa shape index (κ2) is 11.1. The van der Waals surface area contributed by atoms with E-state index in [0.717, 1.165) is 16.0 Å². The highest BCUT2D eigenvalue weighted by Gasteiger charge is 2.65. The summed E-state index contributed by atoms with van der Waals surface area (Å²) in [5.74, 6) is -4.90. The van der Waals surface area contributed by atoms with E-state index in [0.29, 0.717) is 12.1 Å². The van der Waals surface area contributed by atoms with E-state index in [9.17, 15) is 43.1 Å². The first-order valence-electron chi connectivity index (χ1n) is 13.2. The zero-order valence-corrected chi connectivity index (χ0v) is 23.9. The van der Waals surface area contributed by atoms with Gasteiger partial charge >= 0.3 is 10.2 Å². The summed E-state index contributed by atoms with van der Waals surface area (Å²) in [6, 6.07) is -1.36. The predicted molar refractivity (Wildman–Crippen MR) is 145 cm³/mol. The number of hydrogen-bond acceptors (Lipinski definition) is 6. The van der Waals surface area contributed by atoms with Gasteiger partial charge in [-0.15, -0.1) is 0 Å². The first-order valence-corrected chi connectivity index (χ1v) is 15.2. The summed E-state index contributed by atoms with van der Waals surface area (Å²) in [5.41, 5.74) is -0.777. The van der Waals surface area contributed by atoms with Crippen molar-refractivity contribution in [2.45, 2.75) is 67.2 Å². The average molecular weight is 649 g/mol. The topological polar surface area (TPSA) is 103 Å². The molecule has 0 bridgehead atoms. The lowest BCUT2D eigenvalue weighted by molar-refractivity contribution is -0.129. The fraction of sp³-hybridized carbons (Fsp3) is 0.444. The highest BCUT2D eigenvalue weighted by molar-refractivity contribution is 8.45. The molecule has 0 spiro atoms. The van der Waals surface area contributed by atoms with Crippen LogP contribution in [0.4, 0.5) is 39.6 Å². The predicted octanol–water partition coefficient (Wildman–Crippen LogP) is 6.63. The molecule has 1 aliphatic heterocycles. The number of aromatic nitrogens is 1. The minimum atomic E-state index is -10.1. The van der Waals surface area contributed by atoms with Gasteiger partial charge in [-0.05, 0) is 43.2 Å². The van der Waals surface area contributed by atoms with Crippen LogP contribution in [0.3, 0.4) is 0 Å². The Balaban J connectivity index is 1.86. The molecule has 1 N–H and O–H groups in total. The van der Waals surface area contributed by atoms with E-state index in [1.54, 1.807) is 0 Å². The zero-order chi connectivity index (χ0) is 32.6. The second-order valence-electron chi connectivity index (χ2n) is 10.6. The number of benzene rings is 1. The van der Waals surface area contributed by atoms with Crippen LogP contribution in [0, 0.1) is 18.0 Å². The number of methoxy groups -OCH3 is 1. The lowest BCUT2D eigenvalue weighted by Crippen LogP contribution is -2.52. The van der Waals surface area contributed by atoms with E-state index >= 15 is 0 Å². The molecule has 1 aromatic carbocycles. The third kappa shape index (κ3) is 7.16. The van der Waals surface area contributed by atoms with E-state index in [2.05, 4.69) is 15.1 Å². The smallest absolute Gasteiger partial charge is 0.310 e. The van der Waals surface area contributed by atoms with Crippen LogP contribution in [0.15, 0.2) is 47.6 Å². The molecule has 44 heavy (non-hydrogen) atoms. The second-order valence-corrected chi connectivity index (χ2v) is 13.0. The van der Waals surface area contributed by atoms with E-state index in [1.165, 1.54) is 19.4 Å². The normalized spacial score (nSPS) is 22.5. The van der Waals surface area contributed by atoms with Gasteiger partial charge in [0.1, 0.15) is 17.0 Å². The van der Waals surface area contributed by atoms with Crippen LogP contribution in [-0.4, -0.2) is 59.5 Å². The van der Waals surface area contributed by atoms with Crippen LogP contribution < -0.4 is 10.2 Å². The Labute approximate surface area is 248 Å². The van der Waals surface area contributed by atoms with Crippen LogP contribution in [0.1, 0.15) is 43.7 Å². The number of ether oxygens (including phenoxy) is 1. The number of nitriles is 1. The average Bonchev–Trinajstić information content (AvgIpc) is 3.39. The molecule has 2 amide bonds. The molecule has 0 radical (unpaired) electrons. The Morgan fingerprint density at radius 2 is 1.82 bits per heavy atom. The summed E-state index contributed by atoms with van der Waals surface area (Å²) >= 11 is 0. The molecule has 0 unspecified atom stereocenters. The Kier molecular flexibility index (Phi) is 8.29. The summed E-state index contributed by atoms with van der Waals surface area (Å²) in [7, 11) is -8.79. The van der Waals surface area contributed by atoms with Crippen LogP contribution in [0.25, 0.3) is 4.85 Å². The largest absolute Gasteiger partial charge is 0.379 e. The maximum atomic E-state index is 14.2. The molecule has 1 aliphatic carbocycles. The molecule has 2 heterocycles. The molecule has 2 aromatic rings. The van der Waals surface area contributed by atoms with Crippen molar-refractivity contribution in [1.29, 1.82) is 5.26 Å². The molecule has 17 heteroatoms. The van der Waals surface area contributed by atoms with Crippen molar-refractivity contribution in [1.82, 2.24) is 15.2 Å². The van der Waals surface area contributed by atoms with Crippen molar-refractivity contribution in [2.24, 2.45) is 0 Å². The van der Waals surface area contributed by atoms with Gasteiger partial charge in [-0.3, -0.25) is 24.4 Å². The fourth-order valence-electron chi connectivity index (χ4n) is 5.31. The van der Waals surface area contributed by atoms with Gasteiger partial charge in [0.15, 0.2) is 11.9 Å². The number of likely N-dealkylation sites (tertiary alicyclic amines) is 1. The molecule has 3 atom stereocenters. The molecule has 1 aromatic heterocycles. The number of rotatable bonds is 8. The van der Waals surface area contributed by atoms with Crippen molar-refractivity contribution in [3.05, 3.63) is 59.7 Å². The quantitative estimate of drug-likeness (QED) is 0.196.